The lowest BCUT2D eigenvalue weighted by molar-refractivity contribution is -0.0440. The zero-order valence-electron chi connectivity index (χ0n) is 17.3. The maximum absolute atomic E-state index is 13.0. The van der Waals surface area contributed by atoms with Crippen LogP contribution in [0.5, 0.6) is 0 Å². The monoisotopic (exact) mass is 479 g/mol. The van der Waals surface area contributed by atoms with Crippen LogP contribution in [0.4, 0.5) is 0 Å². The van der Waals surface area contributed by atoms with E-state index in [9.17, 15) is 13.2 Å². The molecule has 0 saturated carbocycles. The minimum Gasteiger partial charge on any atom is -0.373 e. The number of morpholine rings is 1. The summed E-state index contributed by atoms with van der Waals surface area (Å²) in [5.74, 6) is -0.448. The second-order valence-electron chi connectivity index (χ2n) is 7.55. The summed E-state index contributed by atoms with van der Waals surface area (Å²) in [5.41, 5.74) is 1.13. The molecule has 7 nitrogen and oxygen atoms in total. The number of nitrogens with zero attached hydrogens (tertiary/aromatic N) is 3. The van der Waals surface area contributed by atoms with E-state index in [1.54, 1.807) is 17.7 Å². The van der Waals surface area contributed by atoms with E-state index in [0.29, 0.717) is 28.5 Å². The Hall–Kier alpha value is -2.04. The highest BCUT2D eigenvalue weighted by molar-refractivity contribution is 7.89. The summed E-state index contributed by atoms with van der Waals surface area (Å²) in [6.07, 6.45) is -0.345. The maximum Gasteiger partial charge on any atom is 0.279 e. The first-order valence-electron chi connectivity index (χ1n) is 9.75. The Labute approximate surface area is 189 Å². The second-order valence-corrected chi connectivity index (χ2v) is 10.9. The number of benzene rings is 2. The summed E-state index contributed by atoms with van der Waals surface area (Å²) < 4.78 is 35.7. The number of hydrogen-bond acceptors (Lipinski definition) is 5. The third-order valence-electron chi connectivity index (χ3n) is 5.10. The standard InChI is InChI=1S/C21H22ClN3O4S2/c1-13-11-25(12-14(2)29-13)31(27,28)16-9-7-15(8-10-16)20(26)23-21-24(3)19-17(22)5-4-6-18(19)30-21/h4-10,13-14H,11-12H2,1-3H3. The van der Waals surface area contributed by atoms with Crippen molar-refractivity contribution < 1.29 is 17.9 Å². The molecule has 1 aliphatic heterocycles. The number of rotatable bonds is 3. The molecule has 164 valence electrons. The number of carbonyl (C=O) groups is 1. The molecule has 0 bridgehead atoms. The van der Waals surface area contributed by atoms with Crippen LogP contribution >= 0.6 is 22.9 Å². The van der Waals surface area contributed by atoms with Crippen LogP contribution in [0.15, 0.2) is 52.4 Å². The number of hydrogen-bond donors (Lipinski definition) is 0. The van der Waals surface area contributed by atoms with Crippen LogP contribution in [-0.4, -0.2) is 48.5 Å². The van der Waals surface area contributed by atoms with Gasteiger partial charge in [0.05, 0.1) is 32.3 Å². The van der Waals surface area contributed by atoms with Crippen LogP contribution in [0.3, 0.4) is 0 Å². The summed E-state index contributed by atoms with van der Waals surface area (Å²) >= 11 is 7.63. The summed E-state index contributed by atoms with van der Waals surface area (Å²) in [5, 5.41) is 0.589. The predicted molar refractivity (Wildman–Crippen MR) is 121 cm³/mol. The Morgan fingerprint density at radius 1 is 1.13 bits per heavy atom. The quantitative estimate of drug-likeness (QED) is 0.576. The van der Waals surface area contributed by atoms with Crippen LogP contribution in [0, 0.1) is 0 Å². The van der Waals surface area contributed by atoms with Gasteiger partial charge in [-0.15, -0.1) is 0 Å². The fourth-order valence-corrected chi connectivity index (χ4v) is 6.65. The van der Waals surface area contributed by atoms with Crippen LogP contribution in [-0.2, 0) is 21.8 Å². The van der Waals surface area contributed by atoms with Gasteiger partial charge in [0, 0.05) is 25.7 Å². The van der Waals surface area contributed by atoms with Crippen molar-refractivity contribution in [3.05, 3.63) is 57.9 Å². The highest BCUT2D eigenvalue weighted by atomic mass is 35.5. The fraction of sp³-hybridized carbons (Fsp3) is 0.333. The predicted octanol–water partition coefficient (Wildman–Crippen LogP) is 3.43. The number of thiazole rings is 1. The second kappa shape index (κ2) is 8.48. The Bertz CT molecular complexity index is 1300. The molecule has 0 N–H and O–H groups in total. The topological polar surface area (TPSA) is 81.0 Å². The van der Waals surface area contributed by atoms with Gasteiger partial charge in [0.15, 0.2) is 4.80 Å². The molecule has 2 unspecified atom stereocenters. The average molecular weight is 480 g/mol. The molecule has 1 saturated heterocycles. The first kappa shape index (κ1) is 22.2. The van der Waals surface area contributed by atoms with Crippen molar-refractivity contribution in [1.82, 2.24) is 8.87 Å². The number of fused-ring (bicyclic) bond motifs is 1. The van der Waals surface area contributed by atoms with E-state index in [2.05, 4.69) is 4.99 Å². The Kier molecular flexibility index (Phi) is 6.06. The van der Waals surface area contributed by atoms with Crippen molar-refractivity contribution in [3.63, 3.8) is 0 Å². The van der Waals surface area contributed by atoms with Crippen molar-refractivity contribution in [3.8, 4) is 0 Å². The van der Waals surface area contributed by atoms with Gasteiger partial charge in [0.1, 0.15) is 0 Å². The number of ether oxygens (including phenoxy) is 1. The van der Waals surface area contributed by atoms with Crippen molar-refractivity contribution in [1.29, 1.82) is 0 Å². The van der Waals surface area contributed by atoms with Crippen molar-refractivity contribution in [2.75, 3.05) is 13.1 Å². The van der Waals surface area contributed by atoms with Gasteiger partial charge < -0.3 is 9.30 Å². The first-order valence-corrected chi connectivity index (χ1v) is 12.4. The van der Waals surface area contributed by atoms with Gasteiger partial charge in [-0.05, 0) is 50.2 Å². The average Bonchev–Trinajstić information content (AvgIpc) is 3.04. The number of carbonyl (C=O) groups excluding carboxylic acids is 1. The van der Waals surface area contributed by atoms with E-state index in [1.807, 2.05) is 26.0 Å². The number of amides is 1. The number of aryl methyl sites for hydroxylation is 1. The molecule has 0 radical (unpaired) electrons. The smallest absolute Gasteiger partial charge is 0.279 e. The van der Waals surface area contributed by atoms with Crippen molar-refractivity contribution in [2.45, 2.75) is 31.0 Å². The van der Waals surface area contributed by atoms with Crippen LogP contribution < -0.4 is 4.80 Å². The molecule has 1 aromatic heterocycles. The third kappa shape index (κ3) is 4.33. The Morgan fingerprint density at radius 3 is 2.39 bits per heavy atom. The first-order chi connectivity index (χ1) is 14.7. The maximum atomic E-state index is 13.0. The molecule has 4 rings (SSSR count). The highest BCUT2D eigenvalue weighted by Gasteiger charge is 2.32. The summed E-state index contributed by atoms with van der Waals surface area (Å²) in [7, 11) is -1.86. The van der Waals surface area contributed by atoms with Gasteiger partial charge in [-0.3, -0.25) is 4.79 Å². The number of aromatic nitrogens is 1. The van der Waals surface area contributed by atoms with Crippen LogP contribution in [0.1, 0.15) is 24.2 Å². The Morgan fingerprint density at radius 2 is 1.77 bits per heavy atom. The molecule has 1 fully saturated rings. The van der Waals surface area contributed by atoms with Gasteiger partial charge in [-0.1, -0.05) is 29.0 Å². The highest BCUT2D eigenvalue weighted by Crippen LogP contribution is 2.25. The molecule has 10 heteroatoms. The third-order valence-corrected chi connectivity index (χ3v) is 8.34. The SMILES string of the molecule is CC1CN(S(=O)(=O)c2ccc(C(=O)N=c3sc4cccc(Cl)c4n3C)cc2)CC(C)O1. The fourth-order valence-electron chi connectivity index (χ4n) is 3.66. The Balaban J connectivity index is 1.61. The molecule has 2 aromatic carbocycles. The number of para-hydroxylation sites is 1. The lowest BCUT2D eigenvalue weighted by Crippen LogP contribution is -2.48. The lowest BCUT2D eigenvalue weighted by Gasteiger charge is -2.34. The van der Waals surface area contributed by atoms with E-state index in [-0.39, 0.29) is 17.1 Å². The van der Waals surface area contributed by atoms with Crippen LogP contribution in [0.25, 0.3) is 10.2 Å². The minimum absolute atomic E-state index is 0.143. The zero-order chi connectivity index (χ0) is 22.3. The zero-order valence-corrected chi connectivity index (χ0v) is 19.7. The summed E-state index contributed by atoms with van der Waals surface area (Å²) in [6.45, 7) is 4.30. The van der Waals surface area contributed by atoms with Gasteiger partial charge >= 0.3 is 0 Å². The van der Waals surface area contributed by atoms with Gasteiger partial charge in [-0.25, -0.2) is 8.42 Å². The largest absolute Gasteiger partial charge is 0.373 e. The molecule has 2 heterocycles. The lowest BCUT2D eigenvalue weighted by atomic mass is 10.2. The van der Waals surface area contributed by atoms with E-state index in [0.717, 1.165) is 10.2 Å². The number of sulfonamides is 1. The van der Waals surface area contributed by atoms with E-state index in [1.165, 1.54) is 39.9 Å². The molecule has 0 aliphatic carbocycles. The van der Waals surface area contributed by atoms with E-state index in [4.69, 9.17) is 16.3 Å². The summed E-state index contributed by atoms with van der Waals surface area (Å²) in [4.78, 5) is 17.6. The van der Waals surface area contributed by atoms with Crippen molar-refractivity contribution >= 4 is 49.1 Å². The van der Waals surface area contributed by atoms with E-state index >= 15 is 0 Å². The molecular formula is C21H22ClN3O4S2. The van der Waals surface area contributed by atoms with Gasteiger partial charge in [0.2, 0.25) is 10.0 Å². The van der Waals surface area contributed by atoms with E-state index < -0.39 is 15.9 Å². The molecule has 31 heavy (non-hydrogen) atoms. The normalized spacial score (nSPS) is 21.0. The van der Waals surface area contributed by atoms with Crippen LogP contribution in [0.2, 0.25) is 5.02 Å². The van der Waals surface area contributed by atoms with Crippen molar-refractivity contribution in [2.24, 2.45) is 12.0 Å². The molecule has 0 spiro atoms. The number of halogens is 1. The molecule has 1 aliphatic rings. The molecule has 3 aromatic rings. The summed E-state index contributed by atoms with van der Waals surface area (Å²) in [6, 6.07) is 11.4. The minimum atomic E-state index is -3.66. The molecule has 1 amide bonds. The molecule has 2 atom stereocenters. The van der Waals surface area contributed by atoms with Gasteiger partial charge in [-0.2, -0.15) is 9.30 Å². The molecular weight excluding hydrogens is 458 g/mol. The van der Waals surface area contributed by atoms with Gasteiger partial charge in [0.25, 0.3) is 5.91 Å².